The quantitative estimate of drug-likeness (QED) is 0.853. The zero-order valence-corrected chi connectivity index (χ0v) is 10.6. The molecule has 17 heavy (non-hydrogen) atoms. The lowest BCUT2D eigenvalue weighted by Gasteiger charge is -2.04. The van der Waals surface area contributed by atoms with Crippen molar-refractivity contribution in [1.29, 1.82) is 0 Å². The van der Waals surface area contributed by atoms with Crippen LogP contribution in [0.3, 0.4) is 0 Å². The molecule has 2 rings (SSSR count). The number of aliphatic hydroxyl groups is 1. The second-order valence-corrected chi connectivity index (χ2v) is 4.85. The average molecular weight is 248 g/mol. The number of thiazole rings is 1. The number of aliphatic hydroxyl groups excluding tert-OH is 1. The van der Waals surface area contributed by atoms with Crippen LogP contribution in [0.25, 0.3) is 10.6 Å². The fourth-order valence-electron chi connectivity index (χ4n) is 1.51. The van der Waals surface area contributed by atoms with Crippen LogP contribution in [0.1, 0.15) is 12.6 Å². The van der Waals surface area contributed by atoms with Gasteiger partial charge in [-0.1, -0.05) is 30.3 Å². The molecule has 0 radical (unpaired) electrons. The van der Waals surface area contributed by atoms with Crippen molar-refractivity contribution in [2.75, 3.05) is 6.54 Å². The van der Waals surface area contributed by atoms with E-state index in [1.54, 1.807) is 18.3 Å². The maximum absolute atomic E-state index is 9.13. The Morgan fingerprint density at radius 3 is 2.82 bits per heavy atom. The second kappa shape index (κ2) is 5.91. The summed E-state index contributed by atoms with van der Waals surface area (Å²) in [6.45, 7) is 3.07. The normalized spacial score (nSPS) is 12.6. The van der Waals surface area contributed by atoms with Gasteiger partial charge < -0.3 is 10.4 Å². The molecule has 0 spiro atoms. The number of aromatic nitrogens is 1. The van der Waals surface area contributed by atoms with Crippen molar-refractivity contribution in [3.63, 3.8) is 0 Å². The van der Waals surface area contributed by atoms with E-state index >= 15 is 0 Å². The minimum absolute atomic E-state index is 0.317. The molecule has 1 heterocycles. The highest BCUT2D eigenvalue weighted by Gasteiger charge is 2.04. The maximum Gasteiger partial charge on any atom is 0.123 e. The third-order valence-corrected chi connectivity index (χ3v) is 3.26. The van der Waals surface area contributed by atoms with E-state index in [-0.39, 0.29) is 6.10 Å². The molecule has 0 amide bonds. The highest BCUT2D eigenvalue weighted by atomic mass is 32.1. The molecule has 1 aromatic heterocycles. The Morgan fingerprint density at radius 1 is 1.35 bits per heavy atom. The number of nitrogens with zero attached hydrogens (tertiary/aromatic N) is 1. The molecule has 3 nitrogen and oxygen atoms in total. The molecule has 2 N–H and O–H groups in total. The van der Waals surface area contributed by atoms with Gasteiger partial charge in [0.15, 0.2) is 0 Å². The van der Waals surface area contributed by atoms with Gasteiger partial charge in [-0.15, -0.1) is 11.3 Å². The molecule has 0 saturated heterocycles. The van der Waals surface area contributed by atoms with Gasteiger partial charge in [0.1, 0.15) is 5.01 Å². The van der Waals surface area contributed by atoms with Crippen LogP contribution in [-0.2, 0) is 6.54 Å². The zero-order chi connectivity index (χ0) is 12.1. The summed E-state index contributed by atoms with van der Waals surface area (Å²) in [7, 11) is 0. The topological polar surface area (TPSA) is 45.1 Å². The lowest BCUT2D eigenvalue weighted by molar-refractivity contribution is 0.191. The number of benzene rings is 1. The first-order chi connectivity index (χ1) is 8.25. The van der Waals surface area contributed by atoms with Gasteiger partial charge in [-0.3, -0.25) is 0 Å². The van der Waals surface area contributed by atoms with Gasteiger partial charge in [-0.25, -0.2) is 4.98 Å². The molecule has 0 aliphatic carbocycles. The summed E-state index contributed by atoms with van der Waals surface area (Å²) in [5.41, 5.74) is 2.17. The lowest BCUT2D eigenvalue weighted by atomic mass is 10.2. The third kappa shape index (κ3) is 3.63. The summed E-state index contributed by atoms with van der Waals surface area (Å²) < 4.78 is 0. The van der Waals surface area contributed by atoms with E-state index in [4.69, 9.17) is 5.11 Å². The molecular formula is C13H16N2OS. The van der Waals surface area contributed by atoms with Crippen LogP contribution in [0.4, 0.5) is 0 Å². The highest BCUT2D eigenvalue weighted by Crippen LogP contribution is 2.22. The first kappa shape index (κ1) is 12.2. The van der Waals surface area contributed by atoms with E-state index in [1.807, 2.05) is 18.2 Å². The summed E-state index contributed by atoms with van der Waals surface area (Å²) in [6.07, 6.45) is -0.317. The molecular weight excluding hydrogens is 232 g/mol. The Morgan fingerprint density at radius 2 is 2.12 bits per heavy atom. The summed E-state index contributed by atoms with van der Waals surface area (Å²) in [5.74, 6) is 0. The van der Waals surface area contributed by atoms with Crippen molar-refractivity contribution < 1.29 is 5.11 Å². The minimum Gasteiger partial charge on any atom is -0.392 e. The molecule has 2 aromatic rings. The van der Waals surface area contributed by atoms with E-state index in [2.05, 4.69) is 27.8 Å². The summed E-state index contributed by atoms with van der Waals surface area (Å²) in [5, 5.41) is 15.4. The molecule has 1 aromatic carbocycles. The van der Waals surface area contributed by atoms with E-state index < -0.39 is 0 Å². The van der Waals surface area contributed by atoms with Gasteiger partial charge in [0.2, 0.25) is 0 Å². The van der Waals surface area contributed by atoms with E-state index in [9.17, 15) is 0 Å². The molecule has 0 fully saturated rings. The van der Waals surface area contributed by atoms with Crippen LogP contribution in [0.15, 0.2) is 35.7 Å². The molecule has 1 atom stereocenters. The summed E-state index contributed by atoms with van der Waals surface area (Å²) >= 11 is 1.65. The Hall–Kier alpha value is -1.23. The average Bonchev–Trinajstić information content (AvgIpc) is 2.78. The van der Waals surface area contributed by atoms with Crippen molar-refractivity contribution in [3.8, 4) is 10.6 Å². The Balaban J connectivity index is 1.97. The van der Waals surface area contributed by atoms with Crippen molar-refractivity contribution in [2.45, 2.75) is 19.6 Å². The van der Waals surface area contributed by atoms with Crippen LogP contribution >= 0.6 is 11.3 Å². The highest BCUT2D eigenvalue weighted by molar-refractivity contribution is 7.13. The predicted octanol–water partition coefficient (Wildman–Crippen LogP) is 2.28. The van der Waals surface area contributed by atoms with Crippen molar-refractivity contribution in [1.82, 2.24) is 10.3 Å². The number of nitrogens with one attached hydrogen (secondary N) is 1. The molecule has 0 aliphatic heterocycles. The third-order valence-electron chi connectivity index (χ3n) is 2.32. The number of rotatable bonds is 5. The fourth-order valence-corrected chi connectivity index (χ4v) is 2.34. The SMILES string of the molecule is C[C@@H](O)CNCc1csc(-c2ccccc2)n1. The molecule has 0 unspecified atom stereocenters. The molecule has 0 aliphatic rings. The largest absolute Gasteiger partial charge is 0.392 e. The number of hydrogen-bond donors (Lipinski definition) is 2. The van der Waals surface area contributed by atoms with Gasteiger partial charge in [0.25, 0.3) is 0 Å². The van der Waals surface area contributed by atoms with Crippen molar-refractivity contribution >= 4 is 11.3 Å². The first-order valence-electron chi connectivity index (χ1n) is 5.64. The number of hydrogen-bond acceptors (Lipinski definition) is 4. The van der Waals surface area contributed by atoms with Crippen LogP contribution in [0.2, 0.25) is 0 Å². The van der Waals surface area contributed by atoms with Crippen molar-refractivity contribution in [2.24, 2.45) is 0 Å². The van der Waals surface area contributed by atoms with Gasteiger partial charge in [0.05, 0.1) is 11.8 Å². The maximum atomic E-state index is 9.13. The van der Waals surface area contributed by atoms with Crippen molar-refractivity contribution in [3.05, 3.63) is 41.4 Å². The summed E-state index contributed by atoms with van der Waals surface area (Å²) in [6, 6.07) is 10.2. The fraction of sp³-hybridized carbons (Fsp3) is 0.308. The minimum atomic E-state index is -0.317. The molecule has 0 saturated carbocycles. The Labute approximate surface area is 105 Å². The molecule has 0 bridgehead atoms. The molecule has 90 valence electrons. The van der Waals surface area contributed by atoms with Crippen LogP contribution in [0, 0.1) is 0 Å². The van der Waals surface area contributed by atoms with Gasteiger partial charge in [-0.05, 0) is 6.92 Å². The Bertz CT molecular complexity index is 453. The van der Waals surface area contributed by atoms with Gasteiger partial charge in [0, 0.05) is 24.0 Å². The summed E-state index contributed by atoms with van der Waals surface area (Å²) in [4.78, 5) is 4.55. The van der Waals surface area contributed by atoms with Gasteiger partial charge >= 0.3 is 0 Å². The Kier molecular flexibility index (Phi) is 4.25. The smallest absolute Gasteiger partial charge is 0.123 e. The first-order valence-corrected chi connectivity index (χ1v) is 6.52. The van der Waals surface area contributed by atoms with E-state index in [1.165, 1.54) is 0 Å². The lowest BCUT2D eigenvalue weighted by Crippen LogP contribution is -2.23. The van der Waals surface area contributed by atoms with E-state index in [0.717, 1.165) is 16.3 Å². The zero-order valence-electron chi connectivity index (χ0n) is 9.76. The van der Waals surface area contributed by atoms with E-state index in [0.29, 0.717) is 13.1 Å². The second-order valence-electron chi connectivity index (χ2n) is 3.99. The van der Waals surface area contributed by atoms with Crippen LogP contribution in [0.5, 0.6) is 0 Å². The molecule has 4 heteroatoms. The standard InChI is InChI=1S/C13H16N2OS/c1-10(16)7-14-8-12-9-17-13(15-12)11-5-3-2-4-6-11/h2-6,9-10,14,16H,7-8H2,1H3/t10-/m1/s1. The van der Waals surface area contributed by atoms with Gasteiger partial charge in [-0.2, -0.15) is 0 Å². The van der Waals surface area contributed by atoms with Crippen LogP contribution in [-0.4, -0.2) is 22.7 Å². The monoisotopic (exact) mass is 248 g/mol. The predicted molar refractivity (Wildman–Crippen MR) is 70.9 cm³/mol. The van der Waals surface area contributed by atoms with Crippen LogP contribution < -0.4 is 5.32 Å².